The minimum atomic E-state index is 0.258. The average Bonchev–Trinajstić information content (AvgIpc) is 2.46. The second kappa shape index (κ2) is 7.27. The molecular formula is C16H19ClN2. The van der Waals surface area contributed by atoms with Crippen molar-refractivity contribution in [2.75, 3.05) is 6.54 Å². The summed E-state index contributed by atoms with van der Waals surface area (Å²) in [7, 11) is 0. The first-order valence-electron chi connectivity index (χ1n) is 6.68. The Morgan fingerprint density at radius 3 is 2.74 bits per heavy atom. The minimum Gasteiger partial charge on any atom is -0.310 e. The Morgan fingerprint density at radius 1 is 1.21 bits per heavy atom. The van der Waals surface area contributed by atoms with E-state index in [0.717, 1.165) is 24.4 Å². The Kier molecular flexibility index (Phi) is 5.37. The maximum Gasteiger partial charge on any atom is 0.0438 e. The van der Waals surface area contributed by atoms with Crippen molar-refractivity contribution in [1.29, 1.82) is 0 Å². The summed E-state index contributed by atoms with van der Waals surface area (Å²) in [5.41, 5.74) is 2.37. The second-order valence-electron chi connectivity index (χ2n) is 4.59. The standard InChI is InChI=1S/C16H19ClN2/c1-2-9-19-16(14-7-5-10-18-12-14)11-13-6-3-4-8-15(13)17/h3-8,10,12,16,19H,2,9,11H2,1H3. The Morgan fingerprint density at radius 2 is 2.05 bits per heavy atom. The fourth-order valence-corrected chi connectivity index (χ4v) is 2.31. The van der Waals surface area contributed by atoms with E-state index < -0.39 is 0 Å². The molecule has 0 aliphatic rings. The van der Waals surface area contributed by atoms with Gasteiger partial charge in [-0.05, 0) is 42.6 Å². The molecule has 1 heterocycles. The molecule has 0 amide bonds. The molecular weight excluding hydrogens is 256 g/mol. The molecule has 0 saturated carbocycles. The first kappa shape index (κ1) is 14.0. The third-order valence-electron chi connectivity index (χ3n) is 3.11. The van der Waals surface area contributed by atoms with Gasteiger partial charge in [-0.1, -0.05) is 42.8 Å². The van der Waals surface area contributed by atoms with E-state index in [0.29, 0.717) is 0 Å². The number of nitrogens with one attached hydrogen (secondary N) is 1. The van der Waals surface area contributed by atoms with Gasteiger partial charge in [0.25, 0.3) is 0 Å². The number of aromatic nitrogens is 1. The van der Waals surface area contributed by atoms with Gasteiger partial charge in [-0.2, -0.15) is 0 Å². The normalized spacial score (nSPS) is 12.3. The van der Waals surface area contributed by atoms with Gasteiger partial charge in [-0.3, -0.25) is 4.98 Å². The topological polar surface area (TPSA) is 24.9 Å². The lowest BCUT2D eigenvalue weighted by Crippen LogP contribution is -2.24. The zero-order chi connectivity index (χ0) is 13.5. The number of pyridine rings is 1. The average molecular weight is 275 g/mol. The van der Waals surface area contributed by atoms with Crippen LogP contribution in [0.3, 0.4) is 0 Å². The van der Waals surface area contributed by atoms with Crippen LogP contribution in [0.5, 0.6) is 0 Å². The van der Waals surface area contributed by atoms with E-state index in [-0.39, 0.29) is 6.04 Å². The highest BCUT2D eigenvalue weighted by molar-refractivity contribution is 6.31. The fourth-order valence-electron chi connectivity index (χ4n) is 2.09. The van der Waals surface area contributed by atoms with Gasteiger partial charge in [0.05, 0.1) is 0 Å². The number of hydrogen-bond acceptors (Lipinski definition) is 2. The minimum absolute atomic E-state index is 0.258. The Bertz CT molecular complexity index is 499. The molecule has 1 unspecified atom stereocenters. The van der Waals surface area contributed by atoms with Gasteiger partial charge in [0.15, 0.2) is 0 Å². The lowest BCUT2D eigenvalue weighted by Gasteiger charge is -2.19. The van der Waals surface area contributed by atoms with E-state index in [1.54, 1.807) is 6.20 Å². The molecule has 3 heteroatoms. The van der Waals surface area contributed by atoms with Crippen LogP contribution >= 0.6 is 11.6 Å². The SMILES string of the molecule is CCCNC(Cc1ccccc1Cl)c1cccnc1. The van der Waals surface area contributed by atoms with Crippen molar-refractivity contribution in [1.82, 2.24) is 10.3 Å². The summed E-state index contributed by atoms with van der Waals surface area (Å²) in [6, 6.07) is 12.4. The molecule has 2 nitrogen and oxygen atoms in total. The molecule has 2 rings (SSSR count). The van der Waals surface area contributed by atoms with Gasteiger partial charge in [0.2, 0.25) is 0 Å². The predicted molar refractivity (Wildman–Crippen MR) is 80.4 cm³/mol. The molecule has 0 fully saturated rings. The van der Waals surface area contributed by atoms with Gasteiger partial charge in [-0.25, -0.2) is 0 Å². The van der Waals surface area contributed by atoms with Crippen LogP contribution in [0, 0.1) is 0 Å². The zero-order valence-corrected chi connectivity index (χ0v) is 11.9. The molecule has 100 valence electrons. The van der Waals surface area contributed by atoms with Crippen molar-refractivity contribution < 1.29 is 0 Å². The first-order valence-corrected chi connectivity index (χ1v) is 7.05. The maximum atomic E-state index is 6.25. The molecule has 1 N–H and O–H groups in total. The van der Waals surface area contributed by atoms with Crippen LogP contribution < -0.4 is 5.32 Å². The van der Waals surface area contributed by atoms with Crippen LogP contribution in [0.4, 0.5) is 0 Å². The van der Waals surface area contributed by atoms with Gasteiger partial charge in [-0.15, -0.1) is 0 Å². The monoisotopic (exact) mass is 274 g/mol. The number of rotatable bonds is 6. The van der Waals surface area contributed by atoms with E-state index >= 15 is 0 Å². The summed E-state index contributed by atoms with van der Waals surface area (Å²) in [4.78, 5) is 4.20. The van der Waals surface area contributed by atoms with E-state index in [4.69, 9.17) is 11.6 Å². The van der Waals surface area contributed by atoms with Gasteiger partial charge >= 0.3 is 0 Å². The summed E-state index contributed by atoms with van der Waals surface area (Å²) in [5, 5.41) is 4.39. The summed E-state index contributed by atoms with van der Waals surface area (Å²) in [5.74, 6) is 0. The molecule has 0 bridgehead atoms. The van der Waals surface area contributed by atoms with E-state index in [2.05, 4.69) is 29.4 Å². The highest BCUT2D eigenvalue weighted by atomic mass is 35.5. The Balaban J connectivity index is 2.17. The molecule has 0 aliphatic carbocycles. The van der Waals surface area contributed by atoms with Crippen LogP contribution in [0.2, 0.25) is 5.02 Å². The van der Waals surface area contributed by atoms with Gasteiger partial charge in [0.1, 0.15) is 0 Å². The molecule has 2 aromatic rings. The largest absolute Gasteiger partial charge is 0.310 e. The van der Waals surface area contributed by atoms with E-state index in [9.17, 15) is 0 Å². The third-order valence-corrected chi connectivity index (χ3v) is 3.48. The van der Waals surface area contributed by atoms with E-state index in [1.807, 2.05) is 30.5 Å². The van der Waals surface area contributed by atoms with Crippen LogP contribution in [0.15, 0.2) is 48.8 Å². The van der Waals surface area contributed by atoms with Gasteiger partial charge < -0.3 is 5.32 Å². The molecule has 0 spiro atoms. The van der Waals surface area contributed by atoms with Crippen molar-refractivity contribution >= 4 is 11.6 Å². The van der Waals surface area contributed by atoms with Crippen molar-refractivity contribution in [2.45, 2.75) is 25.8 Å². The Labute approximate surface area is 119 Å². The molecule has 1 atom stereocenters. The van der Waals surface area contributed by atoms with Crippen LogP contribution in [-0.2, 0) is 6.42 Å². The molecule has 0 radical (unpaired) electrons. The molecule has 1 aromatic carbocycles. The second-order valence-corrected chi connectivity index (χ2v) is 5.00. The zero-order valence-electron chi connectivity index (χ0n) is 11.1. The van der Waals surface area contributed by atoms with Gasteiger partial charge in [0, 0.05) is 23.5 Å². The lowest BCUT2D eigenvalue weighted by molar-refractivity contribution is 0.528. The lowest BCUT2D eigenvalue weighted by atomic mass is 10.00. The van der Waals surface area contributed by atoms with E-state index in [1.165, 1.54) is 11.1 Å². The third kappa shape index (κ3) is 4.05. The molecule has 19 heavy (non-hydrogen) atoms. The number of halogens is 1. The van der Waals surface area contributed by atoms with Crippen LogP contribution in [0.1, 0.15) is 30.5 Å². The molecule has 0 saturated heterocycles. The highest BCUT2D eigenvalue weighted by Gasteiger charge is 2.13. The molecule has 1 aromatic heterocycles. The highest BCUT2D eigenvalue weighted by Crippen LogP contribution is 2.23. The summed E-state index contributed by atoms with van der Waals surface area (Å²) in [6.07, 6.45) is 5.71. The van der Waals surface area contributed by atoms with Crippen LogP contribution in [-0.4, -0.2) is 11.5 Å². The molecule has 0 aliphatic heterocycles. The number of nitrogens with zero attached hydrogens (tertiary/aromatic N) is 1. The number of hydrogen-bond donors (Lipinski definition) is 1. The first-order chi connectivity index (χ1) is 9.31. The number of benzene rings is 1. The van der Waals surface area contributed by atoms with Crippen molar-refractivity contribution in [3.8, 4) is 0 Å². The van der Waals surface area contributed by atoms with Crippen molar-refractivity contribution in [2.24, 2.45) is 0 Å². The quantitative estimate of drug-likeness (QED) is 0.861. The predicted octanol–water partition coefficient (Wildman–Crippen LogP) is 4.02. The van der Waals surface area contributed by atoms with Crippen molar-refractivity contribution in [3.05, 3.63) is 64.9 Å². The summed E-state index contributed by atoms with van der Waals surface area (Å²) in [6.45, 7) is 3.16. The Hall–Kier alpha value is -1.38. The van der Waals surface area contributed by atoms with Crippen LogP contribution in [0.25, 0.3) is 0 Å². The maximum absolute atomic E-state index is 6.25. The smallest absolute Gasteiger partial charge is 0.0438 e. The fraction of sp³-hybridized carbons (Fsp3) is 0.312. The summed E-state index contributed by atoms with van der Waals surface area (Å²) < 4.78 is 0. The summed E-state index contributed by atoms with van der Waals surface area (Å²) >= 11 is 6.25. The van der Waals surface area contributed by atoms with Crippen molar-refractivity contribution in [3.63, 3.8) is 0 Å².